The van der Waals surface area contributed by atoms with Crippen molar-refractivity contribution in [2.24, 2.45) is 5.41 Å². The first kappa shape index (κ1) is 19.2. The number of nitrogens with zero attached hydrogens (tertiary/aromatic N) is 1. The molecule has 1 aliphatic rings. The van der Waals surface area contributed by atoms with Gasteiger partial charge in [0, 0.05) is 29.3 Å². The second-order valence-corrected chi connectivity index (χ2v) is 9.24. The van der Waals surface area contributed by atoms with Crippen molar-refractivity contribution in [2.75, 3.05) is 13.7 Å². The van der Waals surface area contributed by atoms with Crippen LogP contribution in [0.15, 0.2) is 65.2 Å². The predicted molar refractivity (Wildman–Crippen MR) is 104 cm³/mol. The monoisotopic (exact) mass is 385 g/mol. The summed E-state index contributed by atoms with van der Waals surface area (Å²) in [5.41, 5.74) is 1.38. The number of ketones is 1. The van der Waals surface area contributed by atoms with Gasteiger partial charge in [0.05, 0.1) is 12.0 Å². The molecule has 0 aromatic heterocycles. The molecule has 2 aromatic carbocycles. The number of benzene rings is 2. The number of hydrogen-bond acceptors (Lipinski definition) is 4. The van der Waals surface area contributed by atoms with E-state index in [1.807, 2.05) is 20.8 Å². The van der Waals surface area contributed by atoms with E-state index < -0.39 is 15.4 Å². The third-order valence-electron chi connectivity index (χ3n) is 4.78. The highest BCUT2D eigenvalue weighted by atomic mass is 32.2. The van der Waals surface area contributed by atoms with Gasteiger partial charge in [0.1, 0.15) is 5.75 Å². The molecule has 0 N–H and O–H groups in total. The van der Waals surface area contributed by atoms with Gasteiger partial charge in [0.25, 0.3) is 10.0 Å². The number of methoxy groups -OCH3 is 1. The predicted octanol–water partition coefficient (Wildman–Crippen LogP) is 3.80. The zero-order valence-corrected chi connectivity index (χ0v) is 16.7. The van der Waals surface area contributed by atoms with Crippen molar-refractivity contribution in [1.82, 2.24) is 4.31 Å². The van der Waals surface area contributed by atoms with E-state index in [1.165, 1.54) is 10.5 Å². The molecule has 27 heavy (non-hydrogen) atoms. The standard InChI is InChI=1S/C21H23NO4S/c1-15-5-11-18(12-6-15)27(24,25)22-13-19(21(2,3)14-22)20(23)16-7-9-17(26-4)10-8-16/h5-13H,14H2,1-4H3. The summed E-state index contributed by atoms with van der Waals surface area (Å²) in [6.07, 6.45) is 1.47. The van der Waals surface area contributed by atoms with E-state index in [4.69, 9.17) is 4.74 Å². The molecule has 0 aliphatic carbocycles. The Bertz CT molecular complexity index is 987. The molecule has 0 saturated heterocycles. The average molecular weight is 385 g/mol. The summed E-state index contributed by atoms with van der Waals surface area (Å²) in [4.78, 5) is 13.2. The van der Waals surface area contributed by atoms with Crippen molar-refractivity contribution >= 4 is 15.8 Å². The van der Waals surface area contributed by atoms with E-state index in [0.29, 0.717) is 16.9 Å². The number of aryl methyl sites for hydroxylation is 1. The molecule has 0 saturated carbocycles. The maximum Gasteiger partial charge on any atom is 0.263 e. The van der Waals surface area contributed by atoms with Gasteiger partial charge in [-0.1, -0.05) is 31.5 Å². The van der Waals surface area contributed by atoms with Crippen molar-refractivity contribution in [3.63, 3.8) is 0 Å². The zero-order chi connectivity index (χ0) is 19.8. The van der Waals surface area contributed by atoms with Gasteiger partial charge in [-0.3, -0.25) is 9.10 Å². The van der Waals surface area contributed by atoms with Gasteiger partial charge in [-0.2, -0.15) is 0 Å². The second kappa shape index (κ2) is 6.85. The lowest BCUT2D eigenvalue weighted by atomic mass is 9.83. The molecule has 142 valence electrons. The lowest BCUT2D eigenvalue weighted by Crippen LogP contribution is -2.30. The van der Waals surface area contributed by atoms with Gasteiger partial charge in [0.2, 0.25) is 0 Å². The summed E-state index contributed by atoms with van der Waals surface area (Å²) in [7, 11) is -2.14. The van der Waals surface area contributed by atoms with Gasteiger partial charge < -0.3 is 4.74 Å². The summed E-state index contributed by atoms with van der Waals surface area (Å²) < 4.78 is 32.3. The normalized spacial score (nSPS) is 16.1. The molecule has 0 bridgehead atoms. The van der Waals surface area contributed by atoms with E-state index >= 15 is 0 Å². The Labute approximate surface area is 160 Å². The summed E-state index contributed by atoms with van der Waals surface area (Å²) >= 11 is 0. The van der Waals surface area contributed by atoms with Crippen LogP contribution in [0.5, 0.6) is 5.75 Å². The van der Waals surface area contributed by atoms with Crippen LogP contribution in [0.2, 0.25) is 0 Å². The third-order valence-corrected chi connectivity index (χ3v) is 6.50. The highest BCUT2D eigenvalue weighted by Crippen LogP contribution is 2.38. The van der Waals surface area contributed by atoms with Crippen LogP contribution in [0.25, 0.3) is 0 Å². The van der Waals surface area contributed by atoms with Crippen LogP contribution in [0, 0.1) is 12.3 Å². The fraction of sp³-hybridized carbons (Fsp3) is 0.286. The lowest BCUT2D eigenvalue weighted by Gasteiger charge is -2.23. The average Bonchev–Trinajstić information content (AvgIpc) is 2.97. The van der Waals surface area contributed by atoms with Gasteiger partial charge >= 0.3 is 0 Å². The number of ether oxygens (including phenoxy) is 1. The van der Waals surface area contributed by atoms with Crippen LogP contribution in [-0.2, 0) is 10.0 Å². The second-order valence-electron chi connectivity index (χ2n) is 7.35. The van der Waals surface area contributed by atoms with Crippen molar-refractivity contribution in [3.8, 4) is 5.75 Å². The molecule has 0 atom stereocenters. The first-order valence-electron chi connectivity index (χ1n) is 8.65. The molecular weight excluding hydrogens is 362 g/mol. The summed E-state index contributed by atoms with van der Waals surface area (Å²) in [5.74, 6) is 0.485. The smallest absolute Gasteiger partial charge is 0.263 e. The Balaban J connectivity index is 1.95. The van der Waals surface area contributed by atoms with Crippen molar-refractivity contribution in [2.45, 2.75) is 25.7 Å². The van der Waals surface area contributed by atoms with Crippen molar-refractivity contribution in [1.29, 1.82) is 0 Å². The first-order chi connectivity index (χ1) is 12.6. The number of carbonyl (C=O) groups is 1. The minimum atomic E-state index is -3.70. The number of rotatable bonds is 5. The Kier molecular flexibility index (Phi) is 4.86. The van der Waals surface area contributed by atoms with Gasteiger partial charge in [-0.05, 0) is 43.3 Å². The van der Waals surface area contributed by atoms with E-state index in [1.54, 1.807) is 55.6 Å². The highest BCUT2D eigenvalue weighted by Gasteiger charge is 2.40. The van der Waals surface area contributed by atoms with Crippen LogP contribution >= 0.6 is 0 Å². The highest BCUT2D eigenvalue weighted by molar-refractivity contribution is 7.89. The molecule has 0 spiro atoms. The molecule has 6 heteroatoms. The molecule has 0 radical (unpaired) electrons. The molecule has 0 amide bonds. The summed E-state index contributed by atoms with van der Waals surface area (Å²) in [5, 5.41) is 0. The maximum atomic E-state index is 13.0. The summed E-state index contributed by atoms with van der Waals surface area (Å²) in [6, 6.07) is 13.5. The quantitative estimate of drug-likeness (QED) is 0.735. The SMILES string of the molecule is COc1ccc(C(=O)C2=CN(S(=O)(=O)c3ccc(C)cc3)CC2(C)C)cc1. The van der Waals surface area contributed by atoms with Crippen LogP contribution in [-0.4, -0.2) is 32.2 Å². The molecule has 5 nitrogen and oxygen atoms in total. The molecule has 2 aromatic rings. The van der Waals surface area contributed by atoms with Crippen LogP contribution in [0.1, 0.15) is 29.8 Å². The Hall–Kier alpha value is -2.60. The van der Waals surface area contributed by atoms with E-state index in [0.717, 1.165) is 5.56 Å². The summed E-state index contributed by atoms with van der Waals surface area (Å²) in [6.45, 7) is 5.89. The largest absolute Gasteiger partial charge is 0.497 e. The Morgan fingerprint density at radius 2 is 1.63 bits per heavy atom. The maximum absolute atomic E-state index is 13.0. The first-order valence-corrected chi connectivity index (χ1v) is 10.1. The van der Waals surface area contributed by atoms with Gasteiger partial charge in [-0.15, -0.1) is 0 Å². The van der Waals surface area contributed by atoms with E-state index in [-0.39, 0.29) is 17.2 Å². The molecular formula is C21H23NO4S. The fourth-order valence-corrected chi connectivity index (χ4v) is 4.59. The van der Waals surface area contributed by atoms with Gasteiger partial charge in [0.15, 0.2) is 5.78 Å². The Morgan fingerprint density at radius 1 is 1.04 bits per heavy atom. The topological polar surface area (TPSA) is 63.7 Å². The van der Waals surface area contributed by atoms with Crippen LogP contribution in [0.4, 0.5) is 0 Å². The number of sulfonamides is 1. The van der Waals surface area contributed by atoms with Crippen molar-refractivity contribution in [3.05, 3.63) is 71.4 Å². The van der Waals surface area contributed by atoms with Crippen molar-refractivity contribution < 1.29 is 17.9 Å². The lowest BCUT2D eigenvalue weighted by molar-refractivity contribution is 0.101. The van der Waals surface area contributed by atoms with E-state index in [9.17, 15) is 13.2 Å². The number of Topliss-reactive ketones (excluding diaryl/α,β-unsaturated/α-hetero) is 1. The zero-order valence-electron chi connectivity index (χ0n) is 15.9. The van der Waals surface area contributed by atoms with Gasteiger partial charge in [-0.25, -0.2) is 8.42 Å². The molecule has 0 unspecified atom stereocenters. The fourth-order valence-electron chi connectivity index (χ4n) is 3.10. The molecule has 0 fully saturated rings. The minimum absolute atomic E-state index is 0.177. The number of hydrogen-bond donors (Lipinski definition) is 0. The number of carbonyl (C=O) groups excluding carboxylic acids is 1. The van der Waals surface area contributed by atoms with Crippen LogP contribution < -0.4 is 4.74 Å². The van der Waals surface area contributed by atoms with Crippen LogP contribution in [0.3, 0.4) is 0 Å². The Morgan fingerprint density at radius 3 is 2.19 bits per heavy atom. The third kappa shape index (κ3) is 3.62. The minimum Gasteiger partial charge on any atom is -0.497 e. The molecule has 3 rings (SSSR count). The molecule has 1 heterocycles. The van der Waals surface area contributed by atoms with E-state index in [2.05, 4.69) is 0 Å². The molecule has 1 aliphatic heterocycles.